The van der Waals surface area contributed by atoms with Gasteiger partial charge in [-0.3, -0.25) is 4.79 Å². The monoisotopic (exact) mass is 298 g/mol. The highest BCUT2D eigenvalue weighted by atomic mass is 127. The number of nitrogens with two attached hydrogens (primary N) is 1. The first kappa shape index (κ1) is 10.3. The van der Waals surface area contributed by atoms with E-state index in [1.807, 2.05) is 0 Å². The molecule has 0 aliphatic carbocycles. The molecule has 0 amide bonds. The van der Waals surface area contributed by atoms with Crippen molar-refractivity contribution < 1.29 is 13.6 Å². The number of halogens is 3. The summed E-state index contributed by atoms with van der Waals surface area (Å²) < 4.78 is 24.8. The highest BCUT2D eigenvalue weighted by Gasteiger charge is 2.15. The second kappa shape index (κ2) is 3.95. The molecule has 0 fully saturated rings. The summed E-state index contributed by atoms with van der Waals surface area (Å²) in [5, 5.41) is 0. The summed E-state index contributed by atoms with van der Waals surface area (Å²) in [7, 11) is 0. The average Bonchev–Trinajstić information content (AvgIpc) is 2.03. The molecular formula is C7H5F2IN2O. The summed E-state index contributed by atoms with van der Waals surface area (Å²) in [5.74, 6) is 0. The van der Waals surface area contributed by atoms with Gasteiger partial charge in [-0.2, -0.15) is 0 Å². The molecule has 70 valence electrons. The third-order valence-electron chi connectivity index (χ3n) is 1.38. The summed E-state index contributed by atoms with van der Waals surface area (Å²) in [5.41, 5.74) is 4.92. The molecule has 3 nitrogen and oxygen atoms in total. The highest BCUT2D eigenvalue weighted by molar-refractivity contribution is 14.1. The Bertz CT molecular complexity index is 344. The van der Waals surface area contributed by atoms with Gasteiger partial charge in [0, 0.05) is 3.57 Å². The molecule has 0 saturated carbocycles. The lowest BCUT2D eigenvalue weighted by Gasteiger charge is -2.04. The fourth-order valence-electron chi connectivity index (χ4n) is 0.780. The van der Waals surface area contributed by atoms with E-state index >= 15 is 0 Å². The van der Waals surface area contributed by atoms with Gasteiger partial charge in [-0.05, 0) is 28.7 Å². The number of nitrogen functional groups attached to an aromatic ring is 1. The van der Waals surface area contributed by atoms with Crippen molar-refractivity contribution in [3.63, 3.8) is 0 Å². The van der Waals surface area contributed by atoms with Crippen LogP contribution in [0.25, 0.3) is 0 Å². The summed E-state index contributed by atoms with van der Waals surface area (Å²) in [4.78, 5) is 13.8. The zero-order valence-corrected chi connectivity index (χ0v) is 8.46. The maximum Gasteiger partial charge on any atom is 0.281 e. The van der Waals surface area contributed by atoms with Gasteiger partial charge in [-0.15, -0.1) is 0 Å². The fourth-order valence-corrected chi connectivity index (χ4v) is 1.47. The van der Waals surface area contributed by atoms with E-state index in [0.29, 0.717) is 6.29 Å². The molecule has 1 rings (SSSR count). The number of nitrogens with zero attached hydrogens (tertiary/aromatic N) is 1. The Hall–Kier alpha value is -0.790. The van der Waals surface area contributed by atoms with Crippen molar-refractivity contribution in [2.75, 3.05) is 5.73 Å². The third-order valence-corrected chi connectivity index (χ3v) is 2.25. The van der Waals surface area contributed by atoms with Gasteiger partial charge in [0.2, 0.25) is 0 Å². The number of rotatable bonds is 2. The maximum absolute atomic E-state index is 12.3. The molecule has 1 heterocycles. The van der Waals surface area contributed by atoms with E-state index in [2.05, 4.69) is 4.98 Å². The Morgan fingerprint density at radius 2 is 2.23 bits per heavy atom. The minimum Gasteiger partial charge on any atom is -0.397 e. The van der Waals surface area contributed by atoms with Gasteiger partial charge in [0.25, 0.3) is 6.43 Å². The second-order valence-corrected chi connectivity index (χ2v) is 3.41. The lowest BCUT2D eigenvalue weighted by Crippen LogP contribution is -2.03. The van der Waals surface area contributed by atoms with Crippen LogP contribution in [0.2, 0.25) is 0 Å². The molecule has 1 aromatic heterocycles. The smallest absolute Gasteiger partial charge is 0.281 e. The van der Waals surface area contributed by atoms with Crippen LogP contribution in [0.1, 0.15) is 22.6 Å². The Labute approximate surface area is 86.5 Å². The van der Waals surface area contributed by atoms with Crippen LogP contribution in [0.15, 0.2) is 6.07 Å². The molecule has 0 aliphatic rings. The van der Waals surface area contributed by atoms with E-state index < -0.39 is 12.1 Å². The summed E-state index contributed by atoms with van der Waals surface area (Å²) in [6.07, 6.45) is -2.33. The maximum atomic E-state index is 12.3. The fraction of sp³-hybridized carbons (Fsp3) is 0.143. The second-order valence-electron chi connectivity index (χ2n) is 2.25. The molecule has 6 heteroatoms. The zero-order chi connectivity index (χ0) is 10.0. The van der Waals surface area contributed by atoms with Crippen molar-refractivity contribution >= 4 is 34.6 Å². The van der Waals surface area contributed by atoms with Crippen molar-refractivity contribution in [3.8, 4) is 0 Å². The lowest BCUT2D eigenvalue weighted by atomic mass is 10.3. The van der Waals surface area contributed by atoms with Gasteiger partial charge in [0.15, 0.2) is 6.29 Å². The first-order chi connectivity index (χ1) is 6.06. The molecular weight excluding hydrogens is 293 g/mol. The molecule has 0 radical (unpaired) electrons. The first-order valence-corrected chi connectivity index (χ1v) is 4.33. The lowest BCUT2D eigenvalue weighted by molar-refractivity contribution is 0.111. The Balaban J connectivity index is 3.30. The Kier molecular flexibility index (Phi) is 3.12. The van der Waals surface area contributed by atoms with Gasteiger partial charge in [0.1, 0.15) is 11.4 Å². The third kappa shape index (κ3) is 2.11. The van der Waals surface area contributed by atoms with E-state index in [9.17, 15) is 13.6 Å². The van der Waals surface area contributed by atoms with E-state index in [1.54, 1.807) is 22.6 Å². The molecule has 13 heavy (non-hydrogen) atoms. The Morgan fingerprint density at radius 3 is 2.69 bits per heavy atom. The predicted octanol–water partition coefficient (Wildman–Crippen LogP) is 2.02. The number of anilines is 1. The van der Waals surface area contributed by atoms with Gasteiger partial charge in [-0.1, -0.05) is 0 Å². The molecule has 0 atom stereocenters. The van der Waals surface area contributed by atoms with Crippen molar-refractivity contribution in [1.82, 2.24) is 4.98 Å². The number of hydrogen-bond acceptors (Lipinski definition) is 3. The SMILES string of the molecule is Nc1cc(I)c(C(F)F)nc1C=O. The van der Waals surface area contributed by atoms with Crippen LogP contribution in [0.4, 0.5) is 14.5 Å². The van der Waals surface area contributed by atoms with Gasteiger partial charge in [-0.25, -0.2) is 13.8 Å². The summed E-state index contributed by atoms with van der Waals surface area (Å²) >= 11 is 1.70. The number of hydrogen-bond donors (Lipinski definition) is 1. The van der Waals surface area contributed by atoms with Crippen molar-refractivity contribution in [2.24, 2.45) is 0 Å². The van der Waals surface area contributed by atoms with E-state index in [1.165, 1.54) is 6.07 Å². The van der Waals surface area contributed by atoms with Gasteiger partial charge < -0.3 is 5.73 Å². The number of pyridine rings is 1. The normalized spacial score (nSPS) is 10.5. The highest BCUT2D eigenvalue weighted by Crippen LogP contribution is 2.24. The van der Waals surface area contributed by atoms with Crippen LogP contribution in [0.3, 0.4) is 0 Å². The molecule has 0 bridgehead atoms. The number of aldehydes is 1. The average molecular weight is 298 g/mol. The van der Waals surface area contributed by atoms with Crippen molar-refractivity contribution in [2.45, 2.75) is 6.43 Å². The molecule has 1 aromatic rings. The Morgan fingerprint density at radius 1 is 1.62 bits per heavy atom. The molecule has 0 unspecified atom stereocenters. The van der Waals surface area contributed by atoms with Crippen molar-refractivity contribution in [3.05, 3.63) is 21.0 Å². The summed E-state index contributed by atoms with van der Waals surface area (Å²) in [6.45, 7) is 0. The van der Waals surface area contributed by atoms with E-state index in [4.69, 9.17) is 5.73 Å². The van der Waals surface area contributed by atoms with Crippen LogP contribution >= 0.6 is 22.6 Å². The number of carbonyl (C=O) groups excluding carboxylic acids is 1. The topological polar surface area (TPSA) is 56.0 Å². The molecule has 0 spiro atoms. The number of aromatic nitrogens is 1. The first-order valence-electron chi connectivity index (χ1n) is 3.25. The summed E-state index contributed by atoms with van der Waals surface area (Å²) in [6, 6.07) is 1.30. The van der Waals surface area contributed by atoms with Crippen LogP contribution in [0.5, 0.6) is 0 Å². The van der Waals surface area contributed by atoms with Crippen LogP contribution in [0, 0.1) is 3.57 Å². The van der Waals surface area contributed by atoms with Crippen LogP contribution < -0.4 is 5.73 Å². The predicted molar refractivity (Wildman–Crippen MR) is 51.7 cm³/mol. The number of alkyl halides is 2. The van der Waals surface area contributed by atoms with Crippen LogP contribution in [-0.2, 0) is 0 Å². The minimum absolute atomic E-state index is 0.115. The largest absolute Gasteiger partial charge is 0.397 e. The standard InChI is InChI=1S/C7H5F2IN2O/c8-7(9)6-3(10)1-4(11)5(2-13)12-6/h1-2,7H,11H2. The zero-order valence-electron chi connectivity index (χ0n) is 6.30. The van der Waals surface area contributed by atoms with E-state index in [-0.39, 0.29) is 15.0 Å². The van der Waals surface area contributed by atoms with E-state index in [0.717, 1.165) is 0 Å². The van der Waals surface area contributed by atoms with Gasteiger partial charge >= 0.3 is 0 Å². The molecule has 0 saturated heterocycles. The van der Waals surface area contributed by atoms with Crippen molar-refractivity contribution in [1.29, 1.82) is 0 Å². The quantitative estimate of drug-likeness (QED) is 0.671. The molecule has 0 aromatic carbocycles. The minimum atomic E-state index is -2.69. The molecule has 0 aliphatic heterocycles. The molecule has 2 N–H and O–H groups in total. The van der Waals surface area contributed by atoms with Crippen LogP contribution in [-0.4, -0.2) is 11.3 Å². The number of carbonyl (C=O) groups is 1. The van der Waals surface area contributed by atoms with Gasteiger partial charge in [0.05, 0.1) is 5.69 Å².